The molecule has 0 radical (unpaired) electrons. The van der Waals surface area contributed by atoms with Gasteiger partial charge in [-0.3, -0.25) is 9.59 Å². The molecule has 386 valence electrons. The molecular formula is C62H103NO5. The summed E-state index contributed by atoms with van der Waals surface area (Å²) in [5.74, 6) is -0.675. The van der Waals surface area contributed by atoms with Crippen LogP contribution in [0, 0.1) is 0 Å². The third-order valence-electron chi connectivity index (χ3n) is 11.8. The lowest BCUT2D eigenvalue weighted by molar-refractivity contribution is -0.148. The van der Waals surface area contributed by atoms with E-state index in [1.807, 2.05) is 6.08 Å². The Balaban J connectivity index is 4.80. The molecule has 0 spiro atoms. The van der Waals surface area contributed by atoms with Gasteiger partial charge in [0.1, 0.15) is 6.10 Å². The number of amides is 1. The van der Waals surface area contributed by atoms with E-state index in [2.05, 4.69) is 135 Å². The highest BCUT2D eigenvalue weighted by atomic mass is 16.5. The van der Waals surface area contributed by atoms with Crippen molar-refractivity contribution >= 4 is 11.9 Å². The zero-order valence-corrected chi connectivity index (χ0v) is 43.9. The van der Waals surface area contributed by atoms with Crippen molar-refractivity contribution in [2.24, 2.45) is 0 Å². The molecule has 0 rings (SSSR count). The summed E-state index contributed by atoms with van der Waals surface area (Å²) in [4.78, 5) is 26.2. The lowest BCUT2D eigenvalue weighted by Gasteiger charge is -2.23. The third-order valence-corrected chi connectivity index (χ3v) is 11.8. The first-order chi connectivity index (χ1) is 33.5. The van der Waals surface area contributed by atoms with Crippen molar-refractivity contribution in [3.63, 3.8) is 0 Å². The molecule has 0 saturated heterocycles. The Morgan fingerprint density at radius 1 is 0.456 bits per heavy atom. The second kappa shape index (κ2) is 54.2. The van der Waals surface area contributed by atoms with Gasteiger partial charge >= 0.3 is 5.97 Å². The van der Waals surface area contributed by atoms with Crippen molar-refractivity contribution in [1.29, 1.82) is 0 Å². The maximum absolute atomic E-state index is 13.2. The Kier molecular flexibility index (Phi) is 51.2. The van der Waals surface area contributed by atoms with Crippen LogP contribution in [0.4, 0.5) is 0 Å². The van der Waals surface area contributed by atoms with Gasteiger partial charge in [-0.2, -0.15) is 0 Å². The molecule has 6 nitrogen and oxygen atoms in total. The number of ether oxygens (including phenoxy) is 1. The highest BCUT2D eigenvalue weighted by molar-refractivity contribution is 5.78. The highest BCUT2D eigenvalue weighted by Crippen LogP contribution is 2.16. The van der Waals surface area contributed by atoms with Crippen molar-refractivity contribution in [2.45, 2.75) is 251 Å². The minimum absolute atomic E-state index is 0.0675. The molecule has 3 atom stereocenters. The van der Waals surface area contributed by atoms with E-state index in [1.165, 1.54) is 83.5 Å². The number of allylic oxidation sites excluding steroid dienone is 19. The van der Waals surface area contributed by atoms with Gasteiger partial charge in [-0.15, -0.1) is 0 Å². The third kappa shape index (κ3) is 48.7. The number of hydrogen-bond acceptors (Lipinski definition) is 5. The van der Waals surface area contributed by atoms with E-state index in [4.69, 9.17) is 4.74 Å². The largest absolute Gasteiger partial charge is 0.458 e. The summed E-state index contributed by atoms with van der Waals surface area (Å²) in [6.45, 7) is 6.22. The normalized spacial score (nSPS) is 14.1. The predicted octanol–water partition coefficient (Wildman–Crippen LogP) is 17.2. The van der Waals surface area contributed by atoms with Crippen LogP contribution in [0.5, 0.6) is 0 Å². The van der Waals surface area contributed by atoms with Gasteiger partial charge in [-0.1, -0.05) is 245 Å². The first-order valence-corrected chi connectivity index (χ1v) is 27.8. The van der Waals surface area contributed by atoms with Crippen LogP contribution < -0.4 is 5.32 Å². The van der Waals surface area contributed by atoms with E-state index < -0.39 is 18.2 Å². The van der Waals surface area contributed by atoms with Crippen molar-refractivity contribution < 1.29 is 24.5 Å². The Morgan fingerprint density at radius 3 is 1.24 bits per heavy atom. The predicted molar refractivity (Wildman–Crippen MR) is 296 cm³/mol. The first kappa shape index (κ1) is 64.3. The standard InChI is InChI=1S/C62H103NO5/c1-4-7-10-13-16-19-22-25-28-31-32-35-38-41-44-47-50-53-58(68-62(67)55-52-49-46-43-40-37-34-30-27-24-21-18-15-12-9-6-3)56-61(66)63-59(57-64)60(65)54-51-48-45-42-39-36-33-29-26-23-20-17-14-11-8-5-2/h7,9-10,12,16,18-19,21,25,27-28,30,32,35,37,40-41,44,50,53,58-60,64-65H,4-6,8,11,13-15,17,20,22-24,26,29,31,33-34,36,38-39,42-43,45-49,51-52,54-57H2,1-3H3,(H,63,66)/b10-7-,12-9+,19-16-,21-18+,28-25-,30-27+,35-32-,40-37+,44-41-,53-50-. The van der Waals surface area contributed by atoms with Gasteiger partial charge in [0.25, 0.3) is 0 Å². The van der Waals surface area contributed by atoms with Gasteiger partial charge in [0.05, 0.1) is 25.2 Å². The number of aliphatic hydroxyl groups is 2. The quantitative estimate of drug-likeness (QED) is 0.0321. The lowest BCUT2D eigenvalue weighted by Crippen LogP contribution is -2.46. The number of esters is 1. The zero-order chi connectivity index (χ0) is 49.5. The highest BCUT2D eigenvalue weighted by Gasteiger charge is 2.23. The number of hydrogen-bond donors (Lipinski definition) is 3. The zero-order valence-electron chi connectivity index (χ0n) is 43.9. The fourth-order valence-electron chi connectivity index (χ4n) is 7.65. The average molecular weight is 943 g/mol. The molecule has 0 saturated carbocycles. The Morgan fingerprint density at radius 2 is 0.824 bits per heavy atom. The molecule has 0 aromatic carbocycles. The summed E-state index contributed by atoms with van der Waals surface area (Å²) in [6.07, 6.45) is 75.8. The fourth-order valence-corrected chi connectivity index (χ4v) is 7.65. The number of rotatable bonds is 48. The van der Waals surface area contributed by atoms with E-state index in [1.54, 1.807) is 6.08 Å². The van der Waals surface area contributed by atoms with E-state index in [0.29, 0.717) is 19.3 Å². The van der Waals surface area contributed by atoms with E-state index in [-0.39, 0.29) is 24.9 Å². The Hall–Kier alpha value is -3.74. The minimum Gasteiger partial charge on any atom is -0.458 e. The molecule has 0 aliphatic carbocycles. The number of carbonyl (C=O) groups is 2. The molecular weight excluding hydrogens is 839 g/mol. The summed E-state index contributed by atoms with van der Waals surface area (Å²) >= 11 is 0. The summed E-state index contributed by atoms with van der Waals surface area (Å²) in [6, 6.07) is -0.759. The van der Waals surface area contributed by atoms with Crippen molar-refractivity contribution in [1.82, 2.24) is 5.32 Å². The molecule has 1 amide bonds. The second-order valence-corrected chi connectivity index (χ2v) is 18.2. The van der Waals surface area contributed by atoms with Crippen LogP contribution in [-0.4, -0.2) is 46.9 Å². The van der Waals surface area contributed by atoms with Crippen LogP contribution in [0.3, 0.4) is 0 Å². The maximum atomic E-state index is 13.2. The molecule has 0 aromatic rings. The van der Waals surface area contributed by atoms with Crippen molar-refractivity contribution in [3.8, 4) is 0 Å². The van der Waals surface area contributed by atoms with Crippen LogP contribution in [0.15, 0.2) is 122 Å². The molecule has 3 unspecified atom stereocenters. The number of unbranched alkanes of at least 4 members (excludes halogenated alkanes) is 18. The summed E-state index contributed by atoms with van der Waals surface area (Å²) in [7, 11) is 0. The van der Waals surface area contributed by atoms with Gasteiger partial charge in [0, 0.05) is 6.42 Å². The van der Waals surface area contributed by atoms with Crippen LogP contribution in [-0.2, 0) is 14.3 Å². The molecule has 0 aliphatic rings. The average Bonchev–Trinajstić information content (AvgIpc) is 3.33. The molecule has 0 aromatic heterocycles. The maximum Gasteiger partial charge on any atom is 0.306 e. The summed E-state index contributed by atoms with van der Waals surface area (Å²) < 4.78 is 5.82. The second-order valence-electron chi connectivity index (χ2n) is 18.2. The molecule has 0 bridgehead atoms. The van der Waals surface area contributed by atoms with Crippen LogP contribution in [0.2, 0.25) is 0 Å². The van der Waals surface area contributed by atoms with Gasteiger partial charge < -0.3 is 20.3 Å². The summed E-state index contributed by atoms with van der Waals surface area (Å²) in [5.41, 5.74) is 0. The molecule has 0 heterocycles. The molecule has 3 N–H and O–H groups in total. The van der Waals surface area contributed by atoms with E-state index in [9.17, 15) is 19.8 Å². The van der Waals surface area contributed by atoms with Gasteiger partial charge in [0.2, 0.25) is 5.91 Å². The van der Waals surface area contributed by atoms with Gasteiger partial charge in [0.15, 0.2) is 0 Å². The molecule has 68 heavy (non-hydrogen) atoms. The fraction of sp³-hybridized carbons (Fsp3) is 0.645. The Bertz CT molecular complexity index is 1430. The smallest absolute Gasteiger partial charge is 0.306 e. The summed E-state index contributed by atoms with van der Waals surface area (Å²) in [5, 5.41) is 23.8. The SMILES string of the molecule is CC/C=C\C/C=C\C/C=C\C/C=C\C/C=C\C/C=C\C(CC(=O)NC(CO)C(O)CCCCCCCCCCCCCCCCCC)OC(=O)CCCCC/C=C/C/C=C/C/C=C/C/C=C/CC. The Labute approximate surface area is 419 Å². The molecule has 0 aliphatic heterocycles. The van der Waals surface area contributed by atoms with Crippen LogP contribution in [0.1, 0.15) is 233 Å². The van der Waals surface area contributed by atoms with Crippen LogP contribution >= 0.6 is 0 Å². The monoisotopic (exact) mass is 942 g/mol. The van der Waals surface area contributed by atoms with Crippen molar-refractivity contribution in [3.05, 3.63) is 122 Å². The topological polar surface area (TPSA) is 95.9 Å². The van der Waals surface area contributed by atoms with Gasteiger partial charge in [-0.25, -0.2) is 0 Å². The number of carbonyl (C=O) groups excluding carboxylic acids is 2. The van der Waals surface area contributed by atoms with Gasteiger partial charge in [-0.05, 0) is 96.0 Å². The van der Waals surface area contributed by atoms with E-state index >= 15 is 0 Å². The number of nitrogens with one attached hydrogen (secondary N) is 1. The van der Waals surface area contributed by atoms with Crippen molar-refractivity contribution in [2.75, 3.05) is 6.61 Å². The lowest BCUT2D eigenvalue weighted by atomic mass is 10.0. The van der Waals surface area contributed by atoms with E-state index in [0.717, 1.165) is 103 Å². The first-order valence-electron chi connectivity index (χ1n) is 27.8. The van der Waals surface area contributed by atoms with Crippen LogP contribution in [0.25, 0.3) is 0 Å². The molecule has 6 heteroatoms. The minimum atomic E-state index is -0.834. The number of aliphatic hydroxyl groups excluding tert-OH is 2. The molecule has 0 fully saturated rings.